The fourth-order valence-corrected chi connectivity index (χ4v) is 8.32. The van der Waals surface area contributed by atoms with Crippen LogP contribution in [0.5, 0.6) is 0 Å². The van der Waals surface area contributed by atoms with Crippen LogP contribution < -0.4 is 15.8 Å². The number of benzene rings is 1. The second kappa shape index (κ2) is 22.8. The molecule has 2 rings (SSSR count). The van der Waals surface area contributed by atoms with E-state index in [2.05, 4.69) is 58.6 Å². The molecule has 0 saturated heterocycles. The predicted octanol–water partition coefficient (Wildman–Crippen LogP) is 9.94. The molecule has 0 aliphatic rings. The van der Waals surface area contributed by atoms with Gasteiger partial charge >= 0.3 is 248 Å². The van der Waals surface area contributed by atoms with Gasteiger partial charge in [0.05, 0.1) is 0 Å². The van der Waals surface area contributed by atoms with E-state index in [4.69, 9.17) is 27.5 Å². The predicted molar refractivity (Wildman–Crippen MR) is 204 cm³/mol. The second-order valence-electron chi connectivity index (χ2n) is 13.6. The number of allylic oxidation sites excluding steroid dienone is 1. The average Bonchev–Trinajstić information content (AvgIpc) is 3.07. The summed E-state index contributed by atoms with van der Waals surface area (Å²) in [6, 6.07) is 7.34. The topological polar surface area (TPSA) is 79.6 Å². The first-order chi connectivity index (χ1) is 23.1. The number of fused-ring (bicyclic) bond motifs is 1. The van der Waals surface area contributed by atoms with E-state index < -0.39 is 13.6 Å². The molecule has 0 fully saturated rings. The Morgan fingerprint density at radius 1 is 0.875 bits per heavy atom. The van der Waals surface area contributed by atoms with Crippen LogP contribution in [0.2, 0.25) is 0 Å². The zero-order valence-corrected chi connectivity index (χ0v) is 32.7. The van der Waals surface area contributed by atoms with Crippen molar-refractivity contribution in [3.05, 3.63) is 52.8 Å². The third-order valence-electron chi connectivity index (χ3n) is 9.10. The van der Waals surface area contributed by atoms with Gasteiger partial charge in [0.15, 0.2) is 0 Å². The van der Waals surface area contributed by atoms with Gasteiger partial charge in [0.1, 0.15) is 0 Å². The molecular weight excluding hydrogens is 625 g/mol. The molecule has 0 N–H and O–H groups in total. The van der Waals surface area contributed by atoms with E-state index in [0.717, 1.165) is 42.9 Å². The summed E-state index contributed by atoms with van der Waals surface area (Å²) in [5, 5.41) is 1.32. The third-order valence-corrected chi connectivity index (χ3v) is 11.8. The van der Waals surface area contributed by atoms with E-state index in [0.29, 0.717) is 10.9 Å². The zero-order valence-electron chi connectivity index (χ0n) is 31.7. The Kier molecular flexibility index (Phi) is 20.1. The first kappa shape index (κ1) is 42.4. The van der Waals surface area contributed by atoms with Crippen LogP contribution in [0.4, 0.5) is 5.69 Å². The SMILES string of the molecule is CCCCCCCCCCCCC/C=C/[C@H](OCOC)[C](CO[PH](OC)(OC)c1cc(=O)oc2cc(N(CC)CC)ccc12)C(C)(C)C. The Morgan fingerprint density at radius 2 is 1.48 bits per heavy atom. The summed E-state index contributed by atoms with van der Waals surface area (Å²) in [4.78, 5) is 15.1. The Balaban J connectivity index is 2.17. The quantitative estimate of drug-likeness (QED) is 0.0317. The molecule has 0 amide bonds. The van der Waals surface area contributed by atoms with Crippen molar-refractivity contribution in [1.29, 1.82) is 0 Å². The molecule has 275 valence electrons. The molecule has 0 saturated carbocycles. The van der Waals surface area contributed by atoms with Crippen molar-refractivity contribution in [1.82, 2.24) is 0 Å². The van der Waals surface area contributed by atoms with Gasteiger partial charge < -0.3 is 0 Å². The number of unbranched alkanes of at least 4 members (excludes halogenated alkanes) is 11. The Bertz CT molecular complexity index is 1230. The van der Waals surface area contributed by atoms with Crippen LogP contribution in [-0.4, -0.2) is 53.9 Å². The number of methoxy groups -OCH3 is 1. The molecule has 1 atom stereocenters. The van der Waals surface area contributed by atoms with Crippen LogP contribution >= 0.6 is 7.94 Å². The second-order valence-corrected chi connectivity index (χ2v) is 16.4. The molecule has 1 aromatic heterocycles. The van der Waals surface area contributed by atoms with Gasteiger partial charge in [-0.15, -0.1) is 0 Å². The first-order valence-electron chi connectivity index (χ1n) is 18.3. The van der Waals surface area contributed by atoms with Crippen molar-refractivity contribution in [3.63, 3.8) is 0 Å². The van der Waals surface area contributed by atoms with Crippen molar-refractivity contribution in [2.24, 2.45) is 5.41 Å². The maximum absolute atomic E-state index is 12.9. The molecule has 48 heavy (non-hydrogen) atoms. The maximum atomic E-state index is 12.9. The normalized spacial score (nSPS) is 13.6. The number of hydrogen-bond donors (Lipinski definition) is 0. The minimum absolute atomic E-state index is 0.156. The van der Waals surface area contributed by atoms with Crippen LogP contribution in [0.3, 0.4) is 0 Å². The minimum atomic E-state index is -3.57. The standard InChI is InChI=1S/C39H67NO7P/c1-10-13-14-15-16-17-18-19-20-21-22-23-24-25-35(45-31-42-7)34(39(4,5)6)30-46-48(43-8,44-9)37-29-38(41)47-36-28-32(26-27-33(36)37)40(11-2)12-3/h24-29,35,48H,10-23,30-31H2,1-9H3/b25-24+/t35-/m0/s1. The number of anilines is 1. The van der Waals surface area contributed by atoms with Crippen molar-refractivity contribution >= 4 is 29.9 Å². The molecule has 0 aliphatic heterocycles. The summed E-state index contributed by atoms with van der Waals surface area (Å²) >= 11 is 0. The van der Waals surface area contributed by atoms with Gasteiger partial charge in [-0.2, -0.15) is 0 Å². The van der Waals surface area contributed by atoms with E-state index >= 15 is 0 Å². The van der Waals surface area contributed by atoms with E-state index in [9.17, 15) is 4.79 Å². The van der Waals surface area contributed by atoms with Crippen molar-refractivity contribution < 1.29 is 27.5 Å². The molecular formula is C39H67NO7P. The Hall–Kier alpha value is -1.80. The van der Waals surface area contributed by atoms with E-state index in [1.165, 1.54) is 70.3 Å². The van der Waals surface area contributed by atoms with Gasteiger partial charge in [-0.05, 0) is 0 Å². The van der Waals surface area contributed by atoms with Gasteiger partial charge in [-0.1, -0.05) is 45.4 Å². The number of rotatable bonds is 26. The van der Waals surface area contributed by atoms with Crippen LogP contribution in [-0.2, 0) is 23.0 Å². The number of hydrogen-bond acceptors (Lipinski definition) is 8. The first-order valence-corrected chi connectivity index (χ1v) is 20.0. The van der Waals surface area contributed by atoms with Crippen molar-refractivity contribution in [2.75, 3.05) is 52.7 Å². The molecule has 0 bridgehead atoms. The fourth-order valence-electron chi connectivity index (χ4n) is 6.15. The summed E-state index contributed by atoms with van der Waals surface area (Å²) < 4.78 is 36.0. The monoisotopic (exact) mass is 692 g/mol. The van der Waals surface area contributed by atoms with E-state index in [1.807, 2.05) is 18.2 Å². The molecule has 2 aromatic rings. The van der Waals surface area contributed by atoms with Crippen LogP contribution in [0.25, 0.3) is 11.0 Å². The Morgan fingerprint density at radius 3 is 2.02 bits per heavy atom. The van der Waals surface area contributed by atoms with Crippen molar-refractivity contribution in [2.45, 2.75) is 125 Å². The fraction of sp³-hybridized carbons (Fsp3) is 0.692. The van der Waals surface area contributed by atoms with E-state index in [1.54, 1.807) is 21.3 Å². The number of nitrogens with zero attached hydrogens (tertiary/aromatic N) is 1. The van der Waals surface area contributed by atoms with Gasteiger partial charge in [0.25, 0.3) is 0 Å². The summed E-state index contributed by atoms with van der Waals surface area (Å²) in [5.41, 5.74) is 0.716. The van der Waals surface area contributed by atoms with Gasteiger partial charge in [0.2, 0.25) is 0 Å². The molecule has 0 unspecified atom stereocenters. The summed E-state index contributed by atoms with van der Waals surface area (Å²) in [6.07, 6.45) is 19.6. The van der Waals surface area contributed by atoms with Gasteiger partial charge in [-0.25, -0.2) is 0 Å². The van der Waals surface area contributed by atoms with Gasteiger partial charge in [0, 0.05) is 0 Å². The third kappa shape index (κ3) is 13.5. The summed E-state index contributed by atoms with van der Waals surface area (Å²) in [5.74, 6) is 1.02. The summed E-state index contributed by atoms with van der Waals surface area (Å²) in [7, 11) is 1.20. The van der Waals surface area contributed by atoms with Crippen molar-refractivity contribution in [3.8, 4) is 0 Å². The molecule has 8 nitrogen and oxygen atoms in total. The average molecular weight is 693 g/mol. The summed E-state index contributed by atoms with van der Waals surface area (Å²) in [6.45, 7) is 15.0. The molecule has 1 radical (unpaired) electrons. The van der Waals surface area contributed by atoms with Crippen LogP contribution in [0.15, 0.2) is 45.6 Å². The molecule has 1 aromatic carbocycles. The van der Waals surface area contributed by atoms with Crippen LogP contribution in [0, 0.1) is 11.3 Å². The number of ether oxygens (including phenoxy) is 2. The van der Waals surface area contributed by atoms with Crippen LogP contribution in [0.1, 0.15) is 119 Å². The van der Waals surface area contributed by atoms with E-state index in [-0.39, 0.29) is 24.9 Å². The van der Waals surface area contributed by atoms with Gasteiger partial charge in [-0.3, -0.25) is 0 Å². The molecule has 1 heterocycles. The molecule has 0 spiro atoms. The molecule has 9 heteroatoms. The zero-order chi connectivity index (χ0) is 35.4. The molecule has 0 aliphatic carbocycles. The Labute approximate surface area is 292 Å².